The summed E-state index contributed by atoms with van der Waals surface area (Å²) in [7, 11) is -1.85. The van der Waals surface area contributed by atoms with Gasteiger partial charge in [-0.3, -0.25) is 9.69 Å². The number of piperidine rings is 1. The first-order valence-corrected chi connectivity index (χ1v) is 10.7. The first-order chi connectivity index (χ1) is 12.2. The van der Waals surface area contributed by atoms with Crippen LogP contribution in [-0.4, -0.2) is 85.5 Å². The highest BCUT2D eigenvalue weighted by Crippen LogP contribution is 2.50. The molecule has 13 heteroatoms. The van der Waals surface area contributed by atoms with Gasteiger partial charge in [-0.2, -0.15) is 4.31 Å². The van der Waals surface area contributed by atoms with Crippen LogP contribution in [0.3, 0.4) is 0 Å². The molecule has 0 bridgehead atoms. The van der Waals surface area contributed by atoms with Gasteiger partial charge in [0.25, 0.3) is 0 Å². The third-order valence-corrected chi connectivity index (χ3v) is 7.38. The Hall–Kier alpha value is -1.99. The molecule has 26 heavy (non-hydrogen) atoms. The molecule has 4 heterocycles. The number of aryl methyl sites for hydroxylation is 1. The van der Waals surface area contributed by atoms with Crippen molar-refractivity contribution in [2.75, 3.05) is 18.6 Å². The standard InChI is InChI=1S/C13H16N6O5S2/c1-17-13(14-15-16-17)25-5-7-6-3-4-18(26(2,23)24)10-8(6)19(11(10)20)9(7)12(21)22/h6,8,10H,3-5H2,1-2H3,(H,21,22)/t6?,8-,10+/m1/s1. The maximum Gasteiger partial charge on any atom is 0.352 e. The number of aromatic nitrogens is 4. The molecule has 3 atom stereocenters. The van der Waals surface area contributed by atoms with Gasteiger partial charge in [-0.05, 0) is 22.4 Å². The van der Waals surface area contributed by atoms with Gasteiger partial charge < -0.3 is 5.11 Å². The molecule has 0 radical (unpaired) electrons. The van der Waals surface area contributed by atoms with Gasteiger partial charge in [0.1, 0.15) is 11.7 Å². The summed E-state index contributed by atoms with van der Waals surface area (Å²) in [5, 5.41) is 21.3. The number of amides is 1. The van der Waals surface area contributed by atoms with Gasteiger partial charge in [0.15, 0.2) is 0 Å². The number of carbonyl (C=O) groups is 2. The number of β-lactam (4-membered cyclic amide) rings is 1. The molecule has 0 saturated carbocycles. The lowest BCUT2D eigenvalue weighted by molar-refractivity contribution is -0.158. The van der Waals surface area contributed by atoms with E-state index in [2.05, 4.69) is 15.5 Å². The van der Waals surface area contributed by atoms with Gasteiger partial charge in [0.05, 0.1) is 12.3 Å². The summed E-state index contributed by atoms with van der Waals surface area (Å²) >= 11 is 1.29. The van der Waals surface area contributed by atoms with E-state index in [9.17, 15) is 23.1 Å². The number of nitrogens with zero attached hydrogens (tertiary/aromatic N) is 6. The van der Waals surface area contributed by atoms with Crippen LogP contribution in [0.1, 0.15) is 6.42 Å². The van der Waals surface area contributed by atoms with Crippen LogP contribution in [0.5, 0.6) is 0 Å². The highest BCUT2D eigenvalue weighted by molar-refractivity contribution is 7.99. The van der Waals surface area contributed by atoms with Crippen molar-refractivity contribution in [3.05, 3.63) is 11.3 Å². The molecule has 1 amide bonds. The van der Waals surface area contributed by atoms with Crippen LogP contribution in [0.15, 0.2) is 16.4 Å². The van der Waals surface area contributed by atoms with Crippen molar-refractivity contribution in [2.45, 2.75) is 23.7 Å². The molecule has 0 spiro atoms. The van der Waals surface area contributed by atoms with E-state index in [1.807, 2.05) is 0 Å². The van der Waals surface area contributed by atoms with E-state index in [1.54, 1.807) is 7.05 Å². The number of carbonyl (C=O) groups excluding carboxylic acids is 1. The number of hydrogen-bond donors (Lipinski definition) is 1. The number of aliphatic carboxylic acids is 1. The zero-order valence-corrected chi connectivity index (χ0v) is 15.6. The van der Waals surface area contributed by atoms with E-state index in [0.29, 0.717) is 22.9 Å². The Labute approximate surface area is 153 Å². The van der Waals surface area contributed by atoms with Crippen molar-refractivity contribution in [2.24, 2.45) is 13.0 Å². The molecule has 0 aliphatic carbocycles. The molecule has 140 valence electrons. The first-order valence-electron chi connectivity index (χ1n) is 7.83. The average molecular weight is 400 g/mol. The minimum Gasteiger partial charge on any atom is -0.477 e. The minimum absolute atomic E-state index is 0.0285. The Morgan fingerprint density at radius 3 is 2.73 bits per heavy atom. The fourth-order valence-corrected chi connectivity index (χ4v) is 6.03. The predicted molar refractivity (Wildman–Crippen MR) is 88.3 cm³/mol. The summed E-state index contributed by atoms with van der Waals surface area (Å²) in [4.78, 5) is 25.6. The Morgan fingerprint density at radius 1 is 1.42 bits per heavy atom. The Kier molecular flexibility index (Phi) is 3.86. The maximum absolute atomic E-state index is 12.5. The molecule has 2 fully saturated rings. The molecule has 1 N–H and O–H groups in total. The average Bonchev–Trinajstić information content (AvgIpc) is 3.10. The number of carboxylic acid groups (broad SMARTS) is 1. The lowest BCUT2D eigenvalue weighted by Gasteiger charge is -2.52. The largest absolute Gasteiger partial charge is 0.477 e. The molecule has 3 aliphatic heterocycles. The van der Waals surface area contributed by atoms with Crippen LogP contribution in [0, 0.1) is 5.92 Å². The Morgan fingerprint density at radius 2 is 2.15 bits per heavy atom. The molecule has 4 rings (SSSR count). The third-order valence-electron chi connectivity index (χ3n) is 5.05. The number of hydrogen-bond acceptors (Lipinski definition) is 8. The Bertz CT molecular complexity index is 941. The molecular weight excluding hydrogens is 384 g/mol. The van der Waals surface area contributed by atoms with Crippen molar-refractivity contribution in [1.82, 2.24) is 29.4 Å². The SMILES string of the molecule is Cn1nnnc1SCC1=C(C(=O)O)N2C(=O)[C@@H]3[C@H]2C1CCN3S(C)(=O)=O. The number of rotatable bonds is 5. The smallest absolute Gasteiger partial charge is 0.352 e. The number of sulfonamides is 1. The van der Waals surface area contributed by atoms with Crippen LogP contribution < -0.4 is 0 Å². The van der Waals surface area contributed by atoms with Gasteiger partial charge in [0.2, 0.25) is 21.1 Å². The second-order valence-electron chi connectivity index (χ2n) is 6.47. The number of carboxylic acids is 1. The highest BCUT2D eigenvalue weighted by atomic mass is 32.2. The van der Waals surface area contributed by atoms with Crippen molar-refractivity contribution in [3.63, 3.8) is 0 Å². The van der Waals surface area contributed by atoms with Crippen LogP contribution >= 0.6 is 11.8 Å². The van der Waals surface area contributed by atoms with E-state index >= 15 is 0 Å². The Balaban J connectivity index is 1.66. The second kappa shape index (κ2) is 5.76. The topological polar surface area (TPSA) is 139 Å². The lowest BCUT2D eigenvalue weighted by atomic mass is 9.80. The fraction of sp³-hybridized carbons (Fsp3) is 0.615. The fourth-order valence-electron chi connectivity index (χ4n) is 4.01. The molecule has 0 aromatic carbocycles. The van der Waals surface area contributed by atoms with Crippen molar-refractivity contribution >= 4 is 33.7 Å². The van der Waals surface area contributed by atoms with Crippen LogP contribution in [0.2, 0.25) is 0 Å². The van der Waals surface area contributed by atoms with Crippen LogP contribution in [0.25, 0.3) is 0 Å². The normalized spacial score (nSPS) is 28.3. The lowest BCUT2D eigenvalue weighted by Crippen LogP contribution is -2.73. The van der Waals surface area contributed by atoms with Gasteiger partial charge in [-0.1, -0.05) is 11.8 Å². The zero-order valence-electron chi connectivity index (χ0n) is 13.9. The van der Waals surface area contributed by atoms with Gasteiger partial charge in [-0.25, -0.2) is 17.9 Å². The summed E-state index contributed by atoms with van der Waals surface area (Å²) in [5.41, 5.74) is 0.610. The first kappa shape index (κ1) is 17.4. The summed E-state index contributed by atoms with van der Waals surface area (Å²) in [6.45, 7) is 0.205. The van der Waals surface area contributed by atoms with E-state index in [0.717, 1.165) is 6.26 Å². The molecule has 1 aromatic rings. The molecule has 11 nitrogen and oxygen atoms in total. The van der Waals surface area contributed by atoms with Crippen LogP contribution in [0.4, 0.5) is 0 Å². The summed E-state index contributed by atoms with van der Waals surface area (Å²) < 4.78 is 26.6. The number of thioether (sulfide) groups is 1. The van der Waals surface area contributed by atoms with E-state index in [4.69, 9.17) is 0 Å². The zero-order chi connectivity index (χ0) is 18.8. The van der Waals surface area contributed by atoms with Crippen LogP contribution in [-0.2, 0) is 26.7 Å². The summed E-state index contributed by atoms with van der Waals surface area (Å²) in [6.07, 6.45) is 1.54. The molecular formula is C13H16N6O5S2. The number of tetrazole rings is 1. The third kappa shape index (κ3) is 2.37. The van der Waals surface area contributed by atoms with Crippen molar-refractivity contribution in [1.29, 1.82) is 0 Å². The highest BCUT2D eigenvalue weighted by Gasteiger charge is 2.64. The predicted octanol–water partition coefficient (Wildman–Crippen LogP) is -1.48. The monoisotopic (exact) mass is 400 g/mol. The van der Waals surface area contributed by atoms with E-state index in [-0.39, 0.29) is 18.2 Å². The van der Waals surface area contributed by atoms with Crippen molar-refractivity contribution < 1.29 is 23.1 Å². The van der Waals surface area contributed by atoms with Gasteiger partial charge in [0, 0.05) is 25.3 Å². The molecule has 1 unspecified atom stereocenters. The quantitative estimate of drug-likeness (QED) is 0.463. The second-order valence-corrected chi connectivity index (χ2v) is 9.34. The maximum atomic E-state index is 12.5. The van der Waals surface area contributed by atoms with E-state index in [1.165, 1.54) is 25.6 Å². The summed E-state index contributed by atoms with van der Waals surface area (Å²) in [5.74, 6) is -1.49. The van der Waals surface area contributed by atoms with Gasteiger partial charge in [-0.15, -0.1) is 5.10 Å². The van der Waals surface area contributed by atoms with Gasteiger partial charge >= 0.3 is 5.97 Å². The van der Waals surface area contributed by atoms with Crippen molar-refractivity contribution in [3.8, 4) is 0 Å². The van der Waals surface area contributed by atoms with E-state index < -0.39 is 34.0 Å². The molecule has 2 saturated heterocycles. The molecule has 1 aromatic heterocycles. The molecule has 3 aliphatic rings. The summed E-state index contributed by atoms with van der Waals surface area (Å²) in [6, 6.07) is -1.25. The minimum atomic E-state index is -3.53.